The zero-order chi connectivity index (χ0) is 14.7. The maximum absolute atomic E-state index is 12.0. The quantitative estimate of drug-likeness (QED) is 0.456. The normalized spacial score (nSPS) is 21.7. The van der Waals surface area contributed by atoms with Crippen LogP contribution in [0.1, 0.15) is 26.2 Å². The Kier molecular flexibility index (Phi) is 4.85. The van der Waals surface area contributed by atoms with Crippen LogP contribution in [0, 0.1) is 0 Å². The van der Waals surface area contributed by atoms with E-state index in [0.717, 1.165) is 16.4 Å². The SMILES string of the molecule is CCCCOC(=O)C1[N]C=C2C=C(I)CC(=O)C2=C1O. The molecule has 1 atom stereocenters. The van der Waals surface area contributed by atoms with Gasteiger partial charge in [0.2, 0.25) is 6.04 Å². The first kappa shape index (κ1) is 15.1. The van der Waals surface area contributed by atoms with Crippen molar-refractivity contribution in [3.8, 4) is 0 Å². The molecule has 0 spiro atoms. The Hall–Kier alpha value is -1.31. The highest BCUT2D eigenvalue weighted by molar-refractivity contribution is 14.1. The molecule has 1 unspecified atom stereocenters. The number of ether oxygens (including phenoxy) is 1. The van der Waals surface area contributed by atoms with Gasteiger partial charge in [0.15, 0.2) is 5.78 Å². The van der Waals surface area contributed by atoms with Gasteiger partial charge in [-0.15, -0.1) is 0 Å². The second-order valence-electron chi connectivity index (χ2n) is 4.61. The molecule has 0 aromatic heterocycles. The summed E-state index contributed by atoms with van der Waals surface area (Å²) in [5.41, 5.74) is 0.749. The van der Waals surface area contributed by atoms with Crippen molar-refractivity contribution >= 4 is 34.3 Å². The molecule has 0 saturated carbocycles. The highest BCUT2D eigenvalue weighted by atomic mass is 127. The fourth-order valence-electron chi connectivity index (χ4n) is 2.02. The lowest BCUT2D eigenvalue weighted by atomic mass is 9.89. The van der Waals surface area contributed by atoms with E-state index in [1.54, 1.807) is 6.08 Å². The van der Waals surface area contributed by atoms with Gasteiger partial charge in [0.25, 0.3) is 0 Å². The second kappa shape index (κ2) is 6.43. The van der Waals surface area contributed by atoms with Crippen LogP contribution in [-0.2, 0) is 14.3 Å². The van der Waals surface area contributed by atoms with Crippen LogP contribution in [0.3, 0.4) is 0 Å². The van der Waals surface area contributed by atoms with Crippen LogP contribution in [0.25, 0.3) is 0 Å². The molecule has 6 heteroatoms. The Morgan fingerprint density at radius 1 is 1.60 bits per heavy atom. The lowest BCUT2D eigenvalue weighted by Gasteiger charge is -2.24. The van der Waals surface area contributed by atoms with Crippen LogP contribution in [0.4, 0.5) is 0 Å². The van der Waals surface area contributed by atoms with E-state index in [1.165, 1.54) is 6.20 Å². The summed E-state index contributed by atoms with van der Waals surface area (Å²) in [6.07, 6.45) is 5.16. The van der Waals surface area contributed by atoms with Crippen molar-refractivity contribution in [2.24, 2.45) is 0 Å². The number of ketones is 1. The molecule has 107 valence electrons. The zero-order valence-electron chi connectivity index (χ0n) is 11.1. The van der Waals surface area contributed by atoms with Gasteiger partial charge in [-0.1, -0.05) is 13.3 Å². The van der Waals surface area contributed by atoms with Crippen molar-refractivity contribution in [2.75, 3.05) is 6.61 Å². The standard InChI is InChI=1S/C14H15INO4/c1-2-3-4-20-14(19)12-13(18)11-8(7-16-12)5-9(15)6-10(11)17/h5,7,12,18H,2-4,6H2,1H3. The molecule has 5 nitrogen and oxygen atoms in total. The molecule has 1 heterocycles. The van der Waals surface area contributed by atoms with Crippen LogP contribution < -0.4 is 5.32 Å². The number of rotatable bonds is 4. The summed E-state index contributed by atoms with van der Waals surface area (Å²) in [6.45, 7) is 2.29. The van der Waals surface area contributed by atoms with Crippen molar-refractivity contribution in [3.63, 3.8) is 0 Å². The lowest BCUT2D eigenvalue weighted by Crippen LogP contribution is -2.37. The molecule has 2 rings (SSSR count). The molecule has 0 aromatic rings. The molecular formula is C14H15INO4. The third-order valence-corrected chi connectivity index (χ3v) is 3.75. The number of esters is 1. The molecule has 20 heavy (non-hydrogen) atoms. The number of Topliss-reactive ketones (excluding diaryl/α,β-unsaturated/α-hetero) is 1. The molecule has 1 N–H and O–H groups in total. The van der Waals surface area contributed by atoms with Crippen molar-refractivity contribution in [2.45, 2.75) is 32.2 Å². The highest BCUT2D eigenvalue weighted by Gasteiger charge is 2.36. The van der Waals surface area contributed by atoms with E-state index < -0.39 is 12.0 Å². The number of nitrogens with zero attached hydrogens (tertiary/aromatic N) is 1. The molecule has 1 radical (unpaired) electrons. The maximum atomic E-state index is 12.0. The number of fused-ring (bicyclic) bond motifs is 1. The summed E-state index contributed by atoms with van der Waals surface area (Å²) in [5, 5.41) is 14.1. The van der Waals surface area contributed by atoms with Gasteiger partial charge in [0, 0.05) is 18.2 Å². The van der Waals surface area contributed by atoms with E-state index in [0.29, 0.717) is 12.2 Å². The van der Waals surface area contributed by atoms with Crippen LogP contribution >= 0.6 is 22.6 Å². The number of carbonyl (C=O) groups excluding carboxylic acids is 2. The summed E-state index contributed by atoms with van der Waals surface area (Å²) in [5.74, 6) is -1.10. The summed E-state index contributed by atoms with van der Waals surface area (Å²) >= 11 is 2.07. The molecule has 1 aliphatic heterocycles. The first-order valence-electron chi connectivity index (χ1n) is 6.44. The highest BCUT2D eigenvalue weighted by Crippen LogP contribution is 2.33. The average molecular weight is 388 g/mol. The van der Waals surface area contributed by atoms with E-state index in [2.05, 4.69) is 27.9 Å². The number of aliphatic hydroxyl groups is 1. The summed E-state index contributed by atoms with van der Waals surface area (Å²) in [7, 11) is 0. The van der Waals surface area contributed by atoms with Gasteiger partial charge in [-0.3, -0.25) is 10.1 Å². The summed E-state index contributed by atoms with van der Waals surface area (Å²) in [6, 6.07) is -1.11. The van der Waals surface area contributed by atoms with Crippen LogP contribution in [0.2, 0.25) is 0 Å². The summed E-state index contributed by atoms with van der Waals surface area (Å²) < 4.78 is 5.93. The van der Waals surface area contributed by atoms with Crippen LogP contribution in [0.5, 0.6) is 0 Å². The fraction of sp³-hybridized carbons (Fsp3) is 0.429. The van der Waals surface area contributed by atoms with Crippen molar-refractivity contribution in [3.05, 3.63) is 32.8 Å². The fourth-order valence-corrected chi connectivity index (χ4v) is 2.70. The Balaban J connectivity index is 2.18. The molecule has 1 aliphatic carbocycles. The zero-order valence-corrected chi connectivity index (χ0v) is 13.2. The van der Waals surface area contributed by atoms with Crippen LogP contribution in [0.15, 0.2) is 32.8 Å². The number of halogens is 1. The Morgan fingerprint density at radius 2 is 2.35 bits per heavy atom. The molecule has 0 fully saturated rings. The van der Waals surface area contributed by atoms with Crippen molar-refractivity contribution < 1.29 is 19.4 Å². The van der Waals surface area contributed by atoms with Gasteiger partial charge in [0.05, 0.1) is 12.2 Å². The average Bonchev–Trinajstić information content (AvgIpc) is 2.38. The van der Waals surface area contributed by atoms with Gasteiger partial charge < -0.3 is 9.84 Å². The minimum Gasteiger partial charge on any atom is -0.509 e. The van der Waals surface area contributed by atoms with Crippen LogP contribution in [-0.4, -0.2) is 29.5 Å². The number of aliphatic hydroxyl groups excluding tert-OH is 1. The van der Waals surface area contributed by atoms with Gasteiger partial charge in [-0.05, 0) is 38.7 Å². The predicted molar refractivity (Wildman–Crippen MR) is 81.3 cm³/mol. The first-order chi connectivity index (χ1) is 9.54. The van der Waals surface area contributed by atoms with Gasteiger partial charge >= 0.3 is 5.97 Å². The van der Waals surface area contributed by atoms with Gasteiger partial charge in [0.1, 0.15) is 5.76 Å². The number of carbonyl (C=O) groups is 2. The maximum Gasteiger partial charge on any atom is 0.338 e. The molecule has 0 bridgehead atoms. The molecule has 0 saturated heterocycles. The largest absolute Gasteiger partial charge is 0.509 e. The lowest BCUT2D eigenvalue weighted by molar-refractivity contribution is -0.145. The number of allylic oxidation sites excluding steroid dienone is 4. The Labute approximate surface area is 130 Å². The van der Waals surface area contributed by atoms with Gasteiger partial charge in [-0.2, -0.15) is 0 Å². The smallest absolute Gasteiger partial charge is 0.338 e. The number of unbranched alkanes of at least 4 members (excludes halogenated alkanes) is 1. The number of hydrogen-bond acceptors (Lipinski definition) is 4. The number of hydrogen-bond donors (Lipinski definition) is 1. The molecular weight excluding hydrogens is 373 g/mol. The third-order valence-electron chi connectivity index (χ3n) is 3.05. The van der Waals surface area contributed by atoms with E-state index >= 15 is 0 Å². The molecule has 0 amide bonds. The molecule has 2 aliphatic rings. The topological polar surface area (TPSA) is 77.7 Å². The Bertz CT molecular complexity index is 533. The summed E-state index contributed by atoms with van der Waals surface area (Å²) in [4.78, 5) is 23.8. The Morgan fingerprint density at radius 3 is 3.05 bits per heavy atom. The van der Waals surface area contributed by atoms with E-state index in [1.807, 2.05) is 6.92 Å². The predicted octanol–water partition coefficient (Wildman–Crippen LogP) is 2.30. The van der Waals surface area contributed by atoms with E-state index in [9.17, 15) is 14.7 Å². The molecule has 0 aromatic carbocycles. The third kappa shape index (κ3) is 3.05. The van der Waals surface area contributed by atoms with Crippen molar-refractivity contribution in [1.29, 1.82) is 0 Å². The second-order valence-corrected chi connectivity index (χ2v) is 5.99. The minimum absolute atomic E-state index is 0.192. The van der Waals surface area contributed by atoms with E-state index in [-0.39, 0.29) is 23.5 Å². The van der Waals surface area contributed by atoms with Crippen molar-refractivity contribution in [1.82, 2.24) is 5.32 Å². The first-order valence-corrected chi connectivity index (χ1v) is 7.52. The monoisotopic (exact) mass is 388 g/mol. The minimum atomic E-state index is -1.11. The van der Waals surface area contributed by atoms with Gasteiger partial charge in [-0.25, -0.2) is 4.79 Å². The van der Waals surface area contributed by atoms with E-state index in [4.69, 9.17) is 4.74 Å².